The molecule has 0 amide bonds. The Morgan fingerprint density at radius 2 is 0.971 bits per heavy atom. The lowest BCUT2D eigenvalue weighted by Crippen LogP contribution is -2.15. The Bertz CT molecular complexity index is 4070. The molecule has 0 radical (unpaired) electrons. The van der Waals surface area contributed by atoms with Gasteiger partial charge in [0.15, 0.2) is 11.5 Å². The van der Waals surface area contributed by atoms with Crippen molar-refractivity contribution < 1.29 is 4.74 Å². The maximum absolute atomic E-state index is 6.45. The molecule has 5 heterocycles. The van der Waals surface area contributed by atoms with Gasteiger partial charge < -0.3 is 19.1 Å². The summed E-state index contributed by atoms with van der Waals surface area (Å²) >= 11 is 0. The molecule has 14 rings (SSSR count). The fraction of sp³-hybridized carbons (Fsp3) is 0. The molecule has 328 valence electrons. The Morgan fingerprint density at radius 1 is 0.371 bits per heavy atom. The first-order valence-corrected chi connectivity index (χ1v) is 23.3. The number of pyridine rings is 2. The maximum Gasteiger partial charge on any atom is 0.151 e. The number of anilines is 6. The molecule has 0 saturated carbocycles. The molecule has 1 aliphatic rings. The largest absolute Gasteiger partial charge is 0.453 e. The van der Waals surface area contributed by atoms with Crippen molar-refractivity contribution in [1.29, 1.82) is 0 Å². The van der Waals surface area contributed by atoms with Gasteiger partial charge in [-0.25, -0.2) is 0 Å². The molecule has 0 N–H and O–H groups in total. The van der Waals surface area contributed by atoms with Gasteiger partial charge in [-0.2, -0.15) is 0 Å². The number of nitrogens with zero attached hydrogens (tertiary/aromatic N) is 7. The highest BCUT2D eigenvalue weighted by molar-refractivity contribution is 6.24. The van der Waals surface area contributed by atoms with E-state index in [9.17, 15) is 0 Å². The molecule has 1 aliphatic heterocycles. The third-order valence-electron chi connectivity index (χ3n) is 13.5. The standard InChI is InChI=1S/C62H39N7O/c1-3-13-43(14-4-1)67(44-15-5-2-6-16-44)45-23-27-55-50(36-45)51-37-47(69-57-17-7-9-19-59(57)70-60-20-10-8-18-58(60)69)24-28-56(51)68(55)46-22-26-49-48-25-21-40(34-52(48)61-62(53(49)38-46)66-33-32-65-61)41-29-31-64-54(35-41)42-12-11-30-63-39-42/h1-39H. The summed E-state index contributed by atoms with van der Waals surface area (Å²) < 4.78 is 8.84. The summed E-state index contributed by atoms with van der Waals surface area (Å²) in [4.78, 5) is 23.7. The Morgan fingerprint density at radius 3 is 1.67 bits per heavy atom. The van der Waals surface area contributed by atoms with E-state index in [0.717, 1.165) is 128 Å². The van der Waals surface area contributed by atoms with Crippen LogP contribution < -0.4 is 14.5 Å². The number of fused-ring (bicyclic) bond motifs is 11. The first-order valence-electron chi connectivity index (χ1n) is 23.3. The second-order valence-electron chi connectivity index (χ2n) is 17.5. The zero-order chi connectivity index (χ0) is 46.1. The monoisotopic (exact) mass is 897 g/mol. The van der Waals surface area contributed by atoms with Crippen LogP contribution in [0.2, 0.25) is 0 Å². The highest BCUT2D eigenvalue weighted by Crippen LogP contribution is 2.51. The molecule has 0 bridgehead atoms. The van der Waals surface area contributed by atoms with Crippen molar-refractivity contribution in [2.75, 3.05) is 9.80 Å². The van der Waals surface area contributed by atoms with Crippen LogP contribution in [0.3, 0.4) is 0 Å². The lowest BCUT2D eigenvalue weighted by Gasteiger charge is -2.32. The predicted octanol–water partition coefficient (Wildman–Crippen LogP) is 16.2. The molecular weight excluding hydrogens is 859 g/mol. The van der Waals surface area contributed by atoms with Gasteiger partial charge in [-0.3, -0.25) is 19.9 Å². The second kappa shape index (κ2) is 16.0. The van der Waals surface area contributed by atoms with Crippen LogP contribution in [-0.2, 0) is 0 Å². The normalized spacial score (nSPS) is 12.1. The van der Waals surface area contributed by atoms with E-state index >= 15 is 0 Å². The number of ether oxygens (including phenoxy) is 1. The summed E-state index contributed by atoms with van der Waals surface area (Å²) in [7, 11) is 0. The topological polar surface area (TPSA) is 72.2 Å². The summed E-state index contributed by atoms with van der Waals surface area (Å²) in [5.41, 5.74) is 15.1. The number of para-hydroxylation sites is 6. The average Bonchev–Trinajstić information content (AvgIpc) is 3.76. The molecule has 70 heavy (non-hydrogen) atoms. The van der Waals surface area contributed by atoms with Crippen molar-refractivity contribution in [2.45, 2.75) is 0 Å². The molecule has 13 aromatic rings. The van der Waals surface area contributed by atoms with E-state index in [1.807, 2.05) is 48.8 Å². The Balaban J connectivity index is 0.978. The first kappa shape index (κ1) is 39.5. The molecule has 0 atom stereocenters. The molecule has 0 aliphatic carbocycles. The minimum atomic E-state index is 0.815. The Labute approximate surface area is 402 Å². The van der Waals surface area contributed by atoms with E-state index < -0.39 is 0 Å². The molecule has 0 unspecified atom stereocenters. The molecule has 8 nitrogen and oxygen atoms in total. The van der Waals surface area contributed by atoms with Gasteiger partial charge in [-0.15, -0.1) is 0 Å². The number of aromatic nitrogens is 5. The number of hydrogen-bond acceptors (Lipinski definition) is 7. The van der Waals surface area contributed by atoms with Crippen molar-refractivity contribution in [1.82, 2.24) is 24.5 Å². The Kier molecular flexibility index (Phi) is 9.03. The van der Waals surface area contributed by atoms with Crippen LogP contribution in [0.5, 0.6) is 11.5 Å². The molecule has 0 saturated heterocycles. The highest BCUT2D eigenvalue weighted by Gasteiger charge is 2.27. The summed E-state index contributed by atoms with van der Waals surface area (Å²) in [5.74, 6) is 1.63. The average molecular weight is 898 g/mol. The van der Waals surface area contributed by atoms with Gasteiger partial charge in [0.25, 0.3) is 0 Å². The van der Waals surface area contributed by atoms with Gasteiger partial charge in [0.05, 0.1) is 39.1 Å². The number of hydrogen-bond donors (Lipinski definition) is 0. The molecule has 9 aromatic carbocycles. The summed E-state index contributed by atoms with van der Waals surface area (Å²) in [6.45, 7) is 0. The molecule has 4 aromatic heterocycles. The van der Waals surface area contributed by atoms with Crippen molar-refractivity contribution in [2.24, 2.45) is 0 Å². The van der Waals surface area contributed by atoms with Crippen LogP contribution in [0, 0.1) is 0 Å². The van der Waals surface area contributed by atoms with E-state index in [1.165, 1.54) is 0 Å². The van der Waals surface area contributed by atoms with E-state index in [0.29, 0.717) is 0 Å². The molecule has 0 spiro atoms. The van der Waals surface area contributed by atoms with E-state index in [-0.39, 0.29) is 0 Å². The van der Waals surface area contributed by atoms with E-state index in [2.05, 4.69) is 194 Å². The highest BCUT2D eigenvalue weighted by atomic mass is 16.5. The van der Waals surface area contributed by atoms with Gasteiger partial charge >= 0.3 is 0 Å². The fourth-order valence-corrected chi connectivity index (χ4v) is 10.4. The van der Waals surface area contributed by atoms with Gasteiger partial charge in [0.1, 0.15) is 0 Å². The minimum absolute atomic E-state index is 0.815. The number of benzene rings is 9. The minimum Gasteiger partial charge on any atom is -0.453 e. The van der Waals surface area contributed by atoms with Gasteiger partial charge in [0.2, 0.25) is 0 Å². The Hall–Kier alpha value is -9.66. The quantitative estimate of drug-likeness (QED) is 0.148. The summed E-state index contributed by atoms with van der Waals surface area (Å²) in [6, 6.07) is 72.9. The zero-order valence-electron chi connectivity index (χ0n) is 37.6. The van der Waals surface area contributed by atoms with Gasteiger partial charge in [0, 0.05) is 86.5 Å². The van der Waals surface area contributed by atoms with Crippen LogP contribution in [-0.4, -0.2) is 24.5 Å². The SMILES string of the molecule is c1ccc(N(c2ccccc2)c2ccc3c(c2)c2cc(N4c5ccccc5Oc5ccccc54)ccc2n3-c2ccc3c4ccc(-c5ccnc(-c6cccnc6)c5)cc4c4nccnc4c3c2)cc1. The van der Waals surface area contributed by atoms with Gasteiger partial charge in [-0.1, -0.05) is 78.9 Å². The number of rotatable bonds is 7. The fourth-order valence-electron chi connectivity index (χ4n) is 10.4. The van der Waals surface area contributed by atoms with Crippen LogP contribution >= 0.6 is 0 Å². The van der Waals surface area contributed by atoms with Crippen molar-refractivity contribution in [3.63, 3.8) is 0 Å². The molecular formula is C62H39N7O. The zero-order valence-corrected chi connectivity index (χ0v) is 37.6. The van der Waals surface area contributed by atoms with E-state index in [1.54, 1.807) is 18.6 Å². The lowest BCUT2D eigenvalue weighted by molar-refractivity contribution is 0.477. The lowest BCUT2D eigenvalue weighted by atomic mass is 9.95. The van der Waals surface area contributed by atoms with Crippen LogP contribution in [0.25, 0.3) is 82.5 Å². The van der Waals surface area contributed by atoms with Crippen molar-refractivity contribution in [3.05, 3.63) is 237 Å². The maximum atomic E-state index is 6.45. The molecule has 8 heteroatoms. The van der Waals surface area contributed by atoms with Crippen molar-refractivity contribution in [3.8, 4) is 39.6 Å². The third kappa shape index (κ3) is 6.38. The van der Waals surface area contributed by atoms with Crippen LogP contribution in [0.4, 0.5) is 34.1 Å². The second-order valence-corrected chi connectivity index (χ2v) is 17.5. The smallest absolute Gasteiger partial charge is 0.151 e. The third-order valence-corrected chi connectivity index (χ3v) is 13.5. The summed E-state index contributed by atoms with van der Waals surface area (Å²) in [6.07, 6.45) is 9.07. The van der Waals surface area contributed by atoms with Crippen LogP contribution in [0.15, 0.2) is 237 Å². The molecule has 0 fully saturated rings. The summed E-state index contributed by atoms with van der Waals surface area (Å²) in [5, 5.41) is 6.55. The van der Waals surface area contributed by atoms with E-state index in [4.69, 9.17) is 14.7 Å². The van der Waals surface area contributed by atoms with Gasteiger partial charge in [-0.05, 0) is 149 Å². The van der Waals surface area contributed by atoms with Crippen LogP contribution in [0.1, 0.15) is 0 Å². The first-order chi connectivity index (χ1) is 34.7. The predicted molar refractivity (Wildman–Crippen MR) is 285 cm³/mol. The van der Waals surface area contributed by atoms with Crippen molar-refractivity contribution >= 4 is 88.5 Å².